The molecule has 0 spiro atoms. The van der Waals surface area contributed by atoms with Crippen LogP contribution in [0.2, 0.25) is 0 Å². The standard InChI is InChI=1S/C25H30F18O7S/c26-18(27,20(30,31)22(34,35)24(38,39)40)9-5-1-3-7-11-47-16(44)13-15(14-51-50-49-46)17(45)48-12-8-4-2-6-10-19(28,29)21(32,33)23(36,37)25(41,42)43/h15,46H,1-14H2. The molecule has 0 aliphatic heterocycles. The molecule has 304 valence electrons. The Morgan fingerprint density at radius 1 is 0.529 bits per heavy atom. The Kier molecular flexibility index (Phi) is 18.5. The van der Waals surface area contributed by atoms with Crippen LogP contribution >= 0.6 is 12.0 Å². The van der Waals surface area contributed by atoms with Crippen molar-refractivity contribution in [3.05, 3.63) is 0 Å². The van der Waals surface area contributed by atoms with E-state index in [0.29, 0.717) is 0 Å². The maximum atomic E-state index is 13.5. The lowest BCUT2D eigenvalue weighted by atomic mass is 9.98. The minimum atomic E-state index is -7.01. The third-order valence-electron chi connectivity index (χ3n) is 6.79. The van der Waals surface area contributed by atoms with E-state index in [2.05, 4.69) is 9.37 Å². The number of hydrogen-bond donors (Lipinski definition) is 1. The zero-order chi connectivity index (χ0) is 40.2. The van der Waals surface area contributed by atoms with E-state index in [1.54, 1.807) is 0 Å². The van der Waals surface area contributed by atoms with Crippen LogP contribution < -0.4 is 0 Å². The lowest BCUT2D eigenvalue weighted by Gasteiger charge is -2.33. The first-order valence-corrected chi connectivity index (χ1v) is 15.2. The van der Waals surface area contributed by atoms with Crippen molar-refractivity contribution < 1.29 is 113 Å². The Labute approximate surface area is 280 Å². The summed E-state index contributed by atoms with van der Waals surface area (Å²) >= 11 is 0.272. The summed E-state index contributed by atoms with van der Waals surface area (Å²) in [7, 11) is 0. The molecule has 0 radical (unpaired) electrons. The summed E-state index contributed by atoms with van der Waals surface area (Å²) in [5, 5.41) is 11.5. The van der Waals surface area contributed by atoms with Gasteiger partial charge in [0.25, 0.3) is 0 Å². The average Bonchev–Trinajstić information content (AvgIpc) is 2.97. The van der Waals surface area contributed by atoms with Crippen LogP contribution in [0.5, 0.6) is 0 Å². The molecular weight excluding hydrogens is 786 g/mol. The monoisotopic (exact) mass is 816 g/mol. The van der Waals surface area contributed by atoms with E-state index in [4.69, 9.17) is 14.7 Å². The Morgan fingerprint density at radius 3 is 1.27 bits per heavy atom. The summed E-state index contributed by atoms with van der Waals surface area (Å²) in [6.45, 7) is -0.967. The van der Waals surface area contributed by atoms with Crippen molar-refractivity contribution in [3.63, 3.8) is 0 Å². The number of carbonyl (C=O) groups excluding carboxylic acids is 2. The zero-order valence-electron chi connectivity index (χ0n) is 25.6. The van der Waals surface area contributed by atoms with Crippen LogP contribution in [0, 0.1) is 5.92 Å². The number of halogens is 18. The quantitative estimate of drug-likeness (QED) is 0.0243. The molecule has 0 rings (SSSR count). The molecule has 0 saturated heterocycles. The van der Waals surface area contributed by atoms with Crippen molar-refractivity contribution in [3.8, 4) is 0 Å². The molecule has 1 atom stereocenters. The van der Waals surface area contributed by atoms with Crippen LogP contribution in [0.1, 0.15) is 70.6 Å². The van der Waals surface area contributed by atoms with Gasteiger partial charge in [0, 0.05) is 30.6 Å². The third kappa shape index (κ3) is 13.4. The molecule has 0 aromatic carbocycles. The molecule has 0 heterocycles. The molecule has 51 heavy (non-hydrogen) atoms. The number of carbonyl (C=O) groups is 2. The summed E-state index contributed by atoms with van der Waals surface area (Å²) in [6.07, 6.45) is -22.0. The Hall–Kier alpha value is -2.09. The van der Waals surface area contributed by atoms with Gasteiger partial charge in [0.15, 0.2) is 0 Å². The van der Waals surface area contributed by atoms with Crippen molar-refractivity contribution in [2.24, 2.45) is 5.92 Å². The van der Waals surface area contributed by atoms with Gasteiger partial charge in [-0.3, -0.25) is 9.59 Å². The third-order valence-corrected chi connectivity index (χ3v) is 7.49. The summed E-state index contributed by atoms with van der Waals surface area (Å²) in [5.74, 6) is -43.0. The van der Waals surface area contributed by atoms with Crippen molar-refractivity contribution in [1.29, 1.82) is 0 Å². The maximum absolute atomic E-state index is 13.5. The Balaban J connectivity index is 4.67. The van der Waals surface area contributed by atoms with Crippen LogP contribution in [0.3, 0.4) is 0 Å². The van der Waals surface area contributed by atoms with E-state index < -0.39 is 130 Å². The van der Waals surface area contributed by atoms with Gasteiger partial charge in [-0.15, -0.1) is 4.33 Å². The number of hydrogen-bond acceptors (Lipinski definition) is 8. The highest BCUT2D eigenvalue weighted by Crippen LogP contribution is 2.55. The number of ether oxygens (including phenoxy) is 2. The van der Waals surface area contributed by atoms with E-state index in [-0.39, 0.29) is 37.7 Å². The summed E-state index contributed by atoms with van der Waals surface area (Å²) < 4.78 is 245. The fourth-order valence-electron chi connectivity index (χ4n) is 3.81. The van der Waals surface area contributed by atoms with Gasteiger partial charge >= 0.3 is 59.8 Å². The first-order chi connectivity index (χ1) is 22.9. The smallest absolute Gasteiger partial charge is 0.460 e. The SMILES string of the molecule is O=C(CC(CSOOO)C(=O)OCCCCCCC(F)(F)C(F)(F)C(F)(F)C(F)(F)F)OCCCCCCC(F)(F)C(F)(F)C(F)(F)C(F)(F)F. The molecule has 0 aliphatic carbocycles. The van der Waals surface area contributed by atoms with E-state index in [0.717, 1.165) is 0 Å². The van der Waals surface area contributed by atoms with Crippen molar-refractivity contribution in [1.82, 2.24) is 0 Å². The highest BCUT2D eigenvalue weighted by molar-refractivity contribution is 7.94. The maximum Gasteiger partial charge on any atom is 0.460 e. The second-order valence-electron chi connectivity index (χ2n) is 10.7. The highest BCUT2D eigenvalue weighted by Gasteiger charge is 2.82. The fraction of sp³-hybridized carbons (Fsp3) is 0.920. The van der Waals surface area contributed by atoms with Crippen LogP contribution in [-0.4, -0.2) is 84.1 Å². The molecule has 0 aromatic rings. The van der Waals surface area contributed by atoms with Gasteiger partial charge in [-0.2, -0.15) is 79.0 Å². The van der Waals surface area contributed by atoms with Crippen LogP contribution in [-0.2, 0) is 28.4 Å². The largest absolute Gasteiger partial charge is 0.466 e. The van der Waals surface area contributed by atoms with Crippen LogP contribution in [0.25, 0.3) is 0 Å². The van der Waals surface area contributed by atoms with Gasteiger partial charge in [0.1, 0.15) is 0 Å². The predicted octanol–water partition coefficient (Wildman–Crippen LogP) is 9.99. The minimum absolute atomic E-state index is 0.147. The normalized spacial score (nSPS) is 14.8. The highest BCUT2D eigenvalue weighted by atomic mass is 32.2. The average molecular weight is 817 g/mol. The van der Waals surface area contributed by atoms with Gasteiger partial charge in [-0.25, -0.2) is 5.26 Å². The topological polar surface area (TPSA) is 91.3 Å². The molecule has 0 saturated carbocycles. The summed E-state index contributed by atoms with van der Waals surface area (Å²) in [4.78, 5) is 24.4. The first kappa shape index (κ1) is 48.9. The lowest BCUT2D eigenvalue weighted by Crippen LogP contribution is -2.60. The lowest BCUT2D eigenvalue weighted by molar-refractivity contribution is -0.432. The number of alkyl halides is 18. The zero-order valence-corrected chi connectivity index (χ0v) is 26.4. The molecule has 0 aliphatic rings. The van der Waals surface area contributed by atoms with Gasteiger partial charge < -0.3 is 9.47 Å². The minimum Gasteiger partial charge on any atom is -0.466 e. The van der Waals surface area contributed by atoms with E-state index >= 15 is 0 Å². The number of rotatable bonds is 25. The summed E-state index contributed by atoms with van der Waals surface area (Å²) in [6, 6.07) is 0. The molecule has 1 N–H and O–H groups in total. The van der Waals surface area contributed by atoms with E-state index in [1.165, 1.54) is 0 Å². The van der Waals surface area contributed by atoms with Crippen LogP contribution in [0.15, 0.2) is 0 Å². The van der Waals surface area contributed by atoms with Crippen molar-refractivity contribution >= 4 is 24.0 Å². The molecule has 0 aromatic heterocycles. The van der Waals surface area contributed by atoms with Crippen molar-refractivity contribution in [2.45, 2.75) is 119 Å². The molecule has 7 nitrogen and oxygen atoms in total. The first-order valence-electron chi connectivity index (χ1n) is 14.3. The number of unbranched alkanes of at least 4 members (excludes halogenated alkanes) is 6. The van der Waals surface area contributed by atoms with E-state index in [9.17, 15) is 88.6 Å². The molecule has 26 heteroatoms. The van der Waals surface area contributed by atoms with Gasteiger partial charge in [-0.1, -0.05) is 30.7 Å². The van der Waals surface area contributed by atoms with E-state index in [1.807, 2.05) is 0 Å². The Morgan fingerprint density at radius 2 is 0.902 bits per heavy atom. The van der Waals surface area contributed by atoms with Gasteiger partial charge in [0.05, 0.1) is 25.6 Å². The van der Waals surface area contributed by atoms with Gasteiger partial charge in [-0.05, 0) is 25.7 Å². The second-order valence-corrected chi connectivity index (χ2v) is 11.5. The van der Waals surface area contributed by atoms with Crippen LogP contribution in [0.4, 0.5) is 79.0 Å². The number of esters is 2. The fourth-order valence-corrected chi connectivity index (χ4v) is 4.33. The summed E-state index contributed by atoms with van der Waals surface area (Å²) in [5.41, 5.74) is 0. The molecule has 0 fully saturated rings. The second kappa shape index (κ2) is 19.3. The predicted molar refractivity (Wildman–Crippen MR) is 135 cm³/mol. The van der Waals surface area contributed by atoms with Gasteiger partial charge in [0.2, 0.25) is 0 Å². The molecule has 1 unspecified atom stereocenters. The molecular formula is C25H30F18O7S. The molecule has 0 amide bonds. The molecule has 0 bridgehead atoms. The Bertz CT molecular complexity index is 1070. The van der Waals surface area contributed by atoms with Crippen molar-refractivity contribution in [2.75, 3.05) is 19.0 Å².